The molecule has 0 bridgehead atoms. The highest BCUT2D eigenvalue weighted by atomic mass is 35.5. The summed E-state index contributed by atoms with van der Waals surface area (Å²) in [4.78, 5) is 27.5. The number of carbonyl (C=O) groups excluding carboxylic acids is 2. The van der Waals surface area contributed by atoms with E-state index in [-0.39, 0.29) is 11.8 Å². The van der Waals surface area contributed by atoms with Crippen molar-refractivity contribution in [2.75, 3.05) is 24.5 Å². The fraction of sp³-hybridized carbons (Fsp3) is 0.529. The Hall–Kier alpha value is -1.55. The molecule has 0 atom stereocenters. The van der Waals surface area contributed by atoms with Gasteiger partial charge in [0.05, 0.1) is 10.7 Å². The lowest BCUT2D eigenvalue weighted by atomic mass is 10.1. The van der Waals surface area contributed by atoms with Crippen LogP contribution < -0.4 is 4.90 Å². The lowest BCUT2D eigenvalue weighted by Crippen LogP contribution is -2.36. The van der Waals surface area contributed by atoms with Gasteiger partial charge >= 0.3 is 0 Å². The van der Waals surface area contributed by atoms with Gasteiger partial charge in [0.1, 0.15) is 0 Å². The van der Waals surface area contributed by atoms with Crippen LogP contribution in [0.4, 0.5) is 5.69 Å². The topological polar surface area (TPSA) is 40.6 Å². The fourth-order valence-corrected chi connectivity index (χ4v) is 3.04. The smallest absolute Gasteiger partial charge is 0.224 e. The second-order valence-corrected chi connectivity index (χ2v) is 5.81. The molecule has 0 heterocycles. The Balaban J connectivity index is 2.97. The van der Waals surface area contributed by atoms with E-state index in [1.54, 1.807) is 9.80 Å². The number of aryl methyl sites for hydroxylation is 2. The molecule has 22 heavy (non-hydrogen) atoms. The molecule has 1 rings (SSSR count). The van der Waals surface area contributed by atoms with Crippen molar-refractivity contribution in [3.63, 3.8) is 0 Å². The number of carbonyl (C=O) groups is 2. The zero-order valence-electron chi connectivity index (χ0n) is 14.1. The molecule has 0 aromatic heterocycles. The van der Waals surface area contributed by atoms with Gasteiger partial charge in [0.15, 0.2) is 0 Å². The van der Waals surface area contributed by atoms with Crippen LogP contribution in [-0.2, 0) is 9.59 Å². The summed E-state index contributed by atoms with van der Waals surface area (Å²) in [7, 11) is 0. The van der Waals surface area contributed by atoms with E-state index in [1.807, 2.05) is 39.8 Å². The lowest BCUT2D eigenvalue weighted by Gasteiger charge is -2.26. The van der Waals surface area contributed by atoms with Crippen molar-refractivity contribution in [2.45, 2.75) is 41.0 Å². The molecule has 0 radical (unpaired) electrons. The van der Waals surface area contributed by atoms with Gasteiger partial charge < -0.3 is 9.80 Å². The van der Waals surface area contributed by atoms with Gasteiger partial charge in [-0.15, -0.1) is 0 Å². The summed E-state index contributed by atoms with van der Waals surface area (Å²) in [5.74, 6) is -0.0571. The minimum absolute atomic E-state index is 0.0529. The minimum atomic E-state index is -0.110. The van der Waals surface area contributed by atoms with Gasteiger partial charge in [0, 0.05) is 33.0 Å². The Labute approximate surface area is 138 Å². The third-order valence-corrected chi connectivity index (χ3v) is 4.00. The Kier molecular flexibility index (Phi) is 6.88. The number of anilines is 1. The summed E-state index contributed by atoms with van der Waals surface area (Å²) in [6.45, 7) is 11.0. The molecule has 0 saturated carbocycles. The van der Waals surface area contributed by atoms with Gasteiger partial charge in [0.2, 0.25) is 11.8 Å². The molecule has 0 unspecified atom stereocenters. The first-order valence-electron chi connectivity index (χ1n) is 7.64. The van der Waals surface area contributed by atoms with E-state index in [1.165, 1.54) is 6.92 Å². The van der Waals surface area contributed by atoms with Crippen molar-refractivity contribution in [1.29, 1.82) is 0 Å². The van der Waals surface area contributed by atoms with Crippen molar-refractivity contribution in [2.24, 2.45) is 0 Å². The van der Waals surface area contributed by atoms with Gasteiger partial charge in [0.25, 0.3) is 0 Å². The molecule has 2 amide bonds. The Bertz CT molecular complexity index is 531. The number of rotatable bonds is 6. The largest absolute Gasteiger partial charge is 0.343 e. The summed E-state index contributed by atoms with van der Waals surface area (Å²) in [6.07, 6.45) is 0.297. The molecular formula is C17H25ClN2O2. The van der Waals surface area contributed by atoms with Crippen LogP contribution in [0.2, 0.25) is 5.02 Å². The predicted molar refractivity (Wildman–Crippen MR) is 91.5 cm³/mol. The van der Waals surface area contributed by atoms with Gasteiger partial charge in [-0.3, -0.25) is 9.59 Å². The van der Waals surface area contributed by atoms with E-state index in [4.69, 9.17) is 11.6 Å². The molecule has 5 heteroatoms. The molecule has 0 aliphatic heterocycles. The Morgan fingerprint density at radius 3 is 2.18 bits per heavy atom. The number of hydrogen-bond donors (Lipinski definition) is 0. The molecular weight excluding hydrogens is 300 g/mol. The SMILES string of the molecule is CCN(CC)C(=O)CCN(C(C)=O)c1c(C)cc(C)cc1Cl. The number of hydrogen-bond acceptors (Lipinski definition) is 2. The number of benzene rings is 1. The number of amides is 2. The maximum absolute atomic E-state index is 12.1. The van der Waals surface area contributed by atoms with Crippen LogP contribution in [0.15, 0.2) is 12.1 Å². The minimum Gasteiger partial charge on any atom is -0.343 e. The molecule has 0 saturated heterocycles. The van der Waals surface area contributed by atoms with E-state index < -0.39 is 0 Å². The second-order valence-electron chi connectivity index (χ2n) is 5.40. The van der Waals surface area contributed by atoms with Crippen molar-refractivity contribution < 1.29 is 9.59 Å². The fourth-order valence-electron chi connectivity index (χ4n) is 2.62. The van der Waals surface area contributed by atoms with Crippen LogP contribution in [0, 0.1) is 13.8 Å². The number of nitrogens with zero attached hydrogens (tertiary/aromatic N) is 2. The van der Waals surface area contributed by atoms with Crippen molar-refractivity contribution in [1.82, 2.24) is 4.90 Å². The quantitative estimate of drug-likeness (QED) is 0.802. The standard InChI is InChI=1S/C17H25ClN2O2/c1-6-19(7-2)16(22)8-9-20(14(5)21)17-13(4)10-12(3)11-15(17)18/h10-11H,6-9H2,1-5H3. The lowest BCUT2D eigenvalue weighted by molar-refractivity contribution is -0.130. The monoisotopic (exact) mass is 324 g/mol. The highest BCUT2D eigenvalue weighted by Gasteiger charge is 2.20. The van der Waals surface area contributed by atoms with Crippen LogP contribution in [0.25, 0.3) is 0 Å². The van der Waals surface area contributed by atoms with Crippen molar-refractivity contribution in [3.8, 4) is 0 Å². The summed E-state index contributed by atoms with van der Waals surface area (Å²) in [6, 6.07) is 3.83. The molecule has 1 aromatic rings. The number of halogens is 1. The van der Waals surface area contributed by atoms with Crippen LogP contribution >= 0.6 is 11.6 Å². The predicted octanol–water partition coefficient (Wildman–Crippen LogP) is 3.57. The molecule has 4 nitrogen and oxygen atoms in total. The second kappa shape index (κ2) is 8.18. The average molecular weight is 325 g/mol. The van der Waals surface area contributed by atoms with Gasteiger partial charge in [-0.05, 0) is 44.9 Å². The highest BCUT2D eigenvalue weighted by Crippen LogP contribution is 2.31. The van der Waals surface area contributed by atoms with Crippen molar-refractivity contribution >= 4 is 29.1 Å². The van der Waals surface area contributed by atoms with Crippen LogP contribution in [0.1, 0.15) is 38.3 Å². The average Bonchev–Trinajstić information content (AvgIpc) is 2.42. The Morgan fingerprint density at radius 2 is 1.73 bits per heavy atom. The van der Waals surface area contributed by atoms with Gasteiger partial charge in [-0.2, -0.15) is 0 Å². The van der Waals surface area contributed by atoms with Gasteiger partial charge in [-0.1, -0.05) is 17.7 Å². The van der Waals surface area contributed by atoms with Crippen molar-refractivity contribution in [3.05, 3.63) is 28.3 Å². The van der Waals surface area contributed by atoms with E-state index >= 15 is 0 Å². The van der Waals surface area contributed by atoms with Crippen LogP contribution in [0.5, 0.6) is 0 Å². The van der Waals surface area contributed by atoms with Crippen LogP contribution in [-0.4, -0.2) is 36.3 Å². The highest BCUT2D eigenvalue weighted by molar-refractivity contribution is 6.34. The zero-order chi connectivity index (χ0) is 16.9. The summed E-state index contributed by atoms with van der Waals surface area (Å²) >= 11 is 6.32. The molecule has 0 aliphatic rings. The van der Waals surface area contributed by atoms with E-state index in [2.05, 4.69) is 0 Å². The molecule has 122 valence electrons. The molecule has 0 spiro atoms. The normalized spacial score (nSPS) is 10.5. The maximum atomic E-state index is 12.1. The maximum Gasteiger partial charge on any atom is 0.224 e. The van der Waals surface area contributed by atoms with Crippen LogP contribution in [0.3, 0.4) is 0 Å². The molecule has 0 N–H and O–H groups in total. The van der Waals surface area contributed by atoms with E-state index in [9.17, 15) is 9.59 Å². The summed E-state index contributed by atoms with van der Waals surface area (Å²) < 4.78 is 0. The molecule has 0 aliphatic carbocycles. The summed E-state index contributed by atoms with van der Waals surface area (Å²) in [5, 5.41) is 0.544. The molecule has 0 fully saturated rings. The first-order chi connectivity index (χ1) is 10.3. The third-order valence-electron chi connectivity index (χ3n) is 3.71. The third kappa shape index (κ3) is 4.47. The van der Waals surface area contributed by atoms with Gasteiger partial charge in [-0.25, -0.2) is 0 Å². The summed E-state index contributed by atoms with van der Waals surface area (Å²) in [5.41, 5.74) is 2.69. The first-order valence-corrected chi connectivity index (χ1v) is 8.02. The zero-order valence-corrected chi connectivity index (χ0v) is 14.8. The molecule has 1 aromatic carbocycles. The van der Waals surface area contributed by atoms with E-state index in [0.717, 1.165) is 11.1 Å². The first kappa shape index (κ1) is 18.5. The van der Waals surface area contributed by atoms with E-state index in [0.29, 0.717) is 36.8 Å². The Morgan fingerprint density at radius 1 is 1.14 bits per heavy atom.